The molecule has 0 nitrogen and oxygen atoms in total. The SMILES string of the molecule is CCCCCCCCCc1ccc(CC)cc1.CCCc1ccc(C)cc1. The van der Waals surface area contributed by atoms with Gasteiger partial charge in [-0.25, -0.2) is 0 Å². The Hall–Kier alpha value is -1.56. The number of hydrogen-bond donors (Lipinski definition) is 0. The molecule has 0 aromatic heterocycles. The number of unbranched alkanes of at least 4 members (excludes halogenated alkanes) is 6. The van der Waals surface area contributed by atoms with Crippen LogP contribution in [0.1, 0.15) is 94.4 Å². The molecule has 0 unspecified atom stereocenters. The lowest BCUT2D eigenvalue weighted by Gasteiger charge is -2.03. The Labute approximate surface area is 169 Å². The van der Waals surface area contributed by atoms with Crippen LogP contribution in [0.5, 0.6) is 0 Å². The molecule has 0 atom stereocenters. The molecule has 0 saturated carbocycles. The van der Waals surface area contributed by atoms with Crippen molar-refractivity contribution in [2.24, 2.45) is 0 Å². The van der Waals surface area contributed by atoms with Gasteiger partial charge in [-0.1, -0.05) is 120 Å². The van der Waals surface area contributed by atoms with E-state index in [1.54, 1.807) is 0 Å². The van der Waals surface area contributed by atoms with Crippen LogP contribution in [0, 0.1) is 6.92 Å². The second-order valence-corrected chi connectivity index (χ2v) is 7.78. The standard InChI is InChI=1S/C17H28.C10H14/c1-3-5-6-7-8-9-10-11-17-14-12-16(4-2)13-15-17;1-3-4-10-7-5-9(2)6-8-10/h12-15H,3-11H2,1-2H3;5-8H,3-4H2,1-2H3. The molecule has 0 radical (unpaired) electrons. The van der Waals surface area contributed by atoms with Gasteiger partial charge in [0.25, 0.3) is 0 Å². The number of aryl methyl sites for hydroxylation is 4. The summed E-state index contributed by atoms with van der Waals surface area (Å²) < 4.78 is 0. The van der Waals surface area contributed by atoms with Crippen LogP contribution in [0.15, 0.2) is 48.5 Å². The maximum atomic E-state index is 2.30. The first kappa shape index (κ1) is 23.5. The smallest absolute Gasteiger partial charge is 0.0279 e. The fourth-order valence-corrected chi connectivity index (χ4v) is 3.27. The van der Waals surface area contributed by atoms with Gasteiger partial charge in [0.05, 0.1) is 0 Å². The van der Waals surface area contributed by atoms with E-state index in [0.717, 1.165) is 6.42 Å². The molecule has 0 saturated heterocycles. The van der Waals surface area contributed by atoms with E-state index >= 15 is 0 Å². The first-order valence-corrected chi connectivity index (χ1v) is 11.3. The van der Waals surface area contributed by atoms with Crippen LogP contribution in [0.4, 0.5) is 0 Å². The summed E-state index contributed by atoms with van der Waals surface area (Å²) >= 11 is 0. The van der Waals surface area contributed by atoms with Crippen molar-refractivity contribution in [2.45, 2.75) is 98.3 Å². The minimum Gasteiger partial charge on any atom is -0.0654 e. The van der Waals surface area contributed by atoms with Gasteiger partial charge in [0, 0.05) is 0 Å². The Kier molecular flexibility index (Phi) is 13.5. The highest BCUT2D eigenvalue weighted by Crippen LogP contribution is 2.12. The van der Waals surface area contributed by atoms with Crippen LogP contribution in [0.2, 0.25) is 0 Å². The van der Waals surface area contributed by atoms with Crippen LogP contribution < -0.4 is 0 Å². The van der Waals surface area contributed by atoms with Crippen molar-refractivity contribution in [3.63, 3.8) is 0 Å². The van der Waals surface area contributed by atoms with E-state index < -0.39 is 0 Å². The maximum Gasteiger partial charge on any atom is -0.0279 e. The quantitative estimate of drug-likeness (QED) is 0.350. The molecule has 2 rings (SSSR count). The number of benzene rings is 2. The van der Waals surface area contributed by atoms with E-state index in [0.29, 0.717) is 0 Å². The highest BCUT2D eigenvalue weighted by atomic mass is 14.0. The Bertz CT molecular complexity index is 562. The summed E-state index contributed by atoms with van der Waals surface area (Å²) in [5.41, 5.74) is 5.76. The van der Waals surface area contributed by atoms with Gasteiger partial charge in [0.1, 0.15) is 0 Å². The van der Waals surface area contributed by atoms with Crippen molar-refractivity contribution >= 4 is 0 Å². The highest BCUT2D eigenvalue weighted by molar-refractivity contribution is 5.22. The van der Waals surface area contributed by atoms with Gasteiger partial charge in [-0.3, -0.25) is 0 Å². The van der Waals surface area contributed by atoms with Crippen LogP contribution in [0.3, 0.4) is 0 Å². The molecule has 0 heteroatoms. The van der Waals surface area contributed by atoms with Gasteiger partial charge in [-0.15, -0.1) is 0 Å². The summed E-state index contributed by atoms with van der Waals surface area (Å²) in [4.78, 5) is 0. The van der Waals surface area contributed by atoms with E-state index in [2.05, 4.69) is 76.2 Å². The molecule has 150 valence electrons. The van der Waals surface area contributed by atoms with Crippen molar-refractivity contribution in [1.82, 2.24) is 0 Å². The zero-order valence-corrected chi connectivity index (χ0v) is 18.4. The largest absolute Gasteiger partial charge is 0.0654 e. The van der Waals surface area contributed by atoms with Gasteiger partial charge in [-0.2, -0.15) is 0 Å². The zero-order chi connectivity index (χ0) is 19.7. The summed E-state index contributed by atoms with van der Waals surface area (Å²) in [6.07, 6.45) is 14.7. The third kappa shape index (κ3) is 11.7. The lowest BCUT2D eigenvalue weighted by Crippen LogP contribution is -1.87. The van der Waals surface area contributed by atoms with Crippen LogP contribution in [-0.4, -0.2) is 0 Å². The zero-order valence-electron chi connectivity index (χ0n) is 18.4. The molecular weight excluding hydrogens is 324 g/mol. The summed E-state index contributed by atoms with van der Waals surface area (Å²) in [6, 6.07) is 17.9. The summed E-state index contributed by atoms with van der Waals surface area (Å²) in [6.45, 7) is 8.82. The Balaban J connectivity index is 0.000000309. The van der Waals surface area contributed by atoms with E-state index in [9.17, 15) is 0 Å². The third-order valence-corrected chi connectivity index (χ3v) is 5.16. The molecule has 0 aliphatic rings. The molecule has 0 bridgehead atoms. The number of rotatable bonds is 11. The van der Waals surface area contributed by atoms with Crippen LogP contribution in [-0.2, 0) is 19.3 Å². The average molecular weight is 367 g/mol. The van der Waals surface area contributed by atoms with Crippen molar-refractivity contribution in [3.05, 3.63) is 70.8 Å². The van der Waals surface area contributed by atoms with Gasteiger partial charge in [0.2, 0.25) is 0 Å². The molecule has 0 amide bonds. The molecule has 0 N–H and O–H groups in total. The molecular formula is C27H42. The average Bonchev–Trinajstić information content (AvgIpc) is 2.70. The van der Waals surface area contributed by atoms with Gasteiger partial charge in [0.15, 0.2) is 0 Å². The summed E-state index contributed by atoms with van der Waals surface area (Å²) in [7, 11) is 0. The third-order valence-electron chi connectivity index (χ3n) is 5.16. The van der Waals surface area contributed by atoms with E-state index in [1.807, 2.05) is 0 Å². The molecule has 27 heavy (non-hydrogen) atoms. The van der Waals surface area contributed by atoms with Crippen molar-refractivity contribution in [1.29, 1.82) is 0 Å². The lowest BCUT2D eigenvalue weighted by molar-refractivity contribution is 0.589. The van der Waals surface area contributed by atoms with Crippen LogP contribution >= 0.6 is 0 Å². The summed E-state index contributed by atoms with van der Waals surface area (Å²) in [5.74, 6) is 0. The van der Waals surface area contributed by atoms with Crippen LogP contribution in [0.25, 0.3) is 0 Å². The van der Waals surface area contributed by atoms with Crippen molar-refractivity contribution in [2.75, 3.05) is 0 Å². The first-order valence-electron chi connectivity index (χ1n) is 11.3. The predicted molar refractivity (Wildman–Crippen MR) is 123 cm³/mol. The first-order chi connectivity index (χ1) is 13.2. The molecule has 2 aromatic rings. The topological polar surface area (TPSA) is 0 Å². The van der Waals surface area contributed by atoms with Crippen molar-refractivity contribution < 1.29 is 0 Å². The normalized spacial score (nSPS) is 10.4. The van der Waals surface area contributed by atoms with E-state index in [1.165, 1.54) is 86.5 Å². The van der Waals surface area contributed by atoms with Gasteiger partial charge in [-0.05, 0) is 49.3 Å². The fraction of sp³-hybridized carbons (Fsp3) is 0.556. The number of hydrogen-bond acceptors (Lipinski definition) is 0. The molecule has 0 spiro atoms. The van der Waals surface area contributed by atoms with Crippen molar-refractivity contribution in [3.8, 4) is 0 Å². The predicted octanol–water partition coefficient (Wildman–Crippen LogP) is 8.49. The molecule has 0 fully saturated rings. The monoisotopic (exact) mass is 366 g/mol. The van der Waals surface area contributed by atoms with E-state index in [4.69, 9.17) is 0 Å². The Morgan fingerprint density at radius 3 is 1.52 bits per heavy atom. The molecule has 0 aliphatic carbocycles. The Morgan fingerprint density at radius 1 is 0.481 bits per heavy atom. The minimum atomic E-state index is 1.15. The lowest BCUT2D eigenvalue weighted by atomic mass is 10.0. The minimum absolute atomic E-state index is 1.15. The molecule has 0 heterocycles. The fourth-order valence-electron chi connectivity index (χ4n) is 3.27. The van der Waals surface area contributed by atoms with Gasteiger partial charge < -0.3 is 0 Å². The Morgan fingerprint density at radius 2 is 0.963 bits per heavy atom. The highest BCUT2D eigenvalue weighted by Gasteiger charge is 1.95. The second kappa shape index (κ2) is 15.5. The van der Waals surface area contributed by atoms with Gasteiger partial charge >= 0.3 is 0 Å². The van der Waals surface area contributed by atoms with E-state index in [-0.39, 0.29) is 0 Å². The summed E-state index contributed by atoms with van der Waals surface area (Å²) in [5, 5.41) is 0. The molecule has 0 aliphatic heterocycles. The molecule has 2 aromatic carbocycles. The maximum absolute atomic E-state index is 2.30. The second-order valence-electron chi connectivity index (χ2n) is 7.78.